The van der Waals surface area contributed by atoms with Crippen LogP contribution in [-0.4, -0.2) is 23.2 Å². The average Bonchev–Trinajstić information content (AvgIpc) is 1.39. The van der Waals surface area contributed by atoms with E-state index in [1.54, 1.807) is 0 Å². The van der Waals surface area contributed by atoms with Crippen molar-refractivity contribution in [2.45, 2.75) is 0 Å². The Kier molecular flexibility index (Phi) is 195. The summed E-state index contributed by atoms with van der Waals surface area (Å²) in [6, 6.07) is 0. The first-order valence-corrected chi connectivity index (χ1v) is 0.855. The molecule has 0 unspecified atom stereocenters. The van der Waals surface area contributed by atoms with Gasteiger partial charge in [-0.05, 0) is 0 Å². The largest absolute Gasteiger partial charge is 1.00 e. The molecule has 4 nitrogen and oxygen atoms in total. The van der Waals surface area contributed by atoms with Crippen molar-refractivity contribution in [3.8, 4) is 0 Å². The minimum atomic E-state index is 0. The second kappa shape index (κ2) is 63.7. The first kappa shape index (κ1) is 24.5. The Morgan fingerprint density at radius 2 is 0.875 bits per heavy atom. The Morgan fingerprint density at radius 1 is 0.875 bits per heavy atom. The monoisotopic (exact) mass is 216 g/mol. The molecule has 0 spiro atoms. The van der Waals surface area contributed by atoms with Crippen molar-refractivity contribution in [2.24, 2.45) is 0 Å². The van der Waals surface area contributed by atoms with Crippen LogP contribution in [0.2, 0.25) is 0 Å². The molecule has 8 heavy (non-hydrogen) atoms. The van der Waals surface area contributed by atoms with Gasteiger partial charge >= 0.3 is 34.1 Å². The summed E-state index contributed by atoms with van der Waals surface area (Å²) in [6.45, 7) is 1.00. The van der Waals surface area contributed by atoms with Crippen LogP contribution in [0.15, 0.2) is 0 Å². The molecular formula is C2H2Cu2O4. The Morgan fingerprint density at radius 3 is 0.875 bits per heavy atom. The van der Waals surface area contributed by atoms with Gasteiger partial charge in [0, 0.05) is 0 Å². The summed E-state index contributed by atoms with van der Waals surface area (Å²) < 4.78 is 0. The molecule has 0 aromatic carbocycles. The maximum Gasteiger partial charge on any atom is 1.00 e. The SMILES string of the molecule is O=[C-]O.O=[C-]O.[Cu+].[Cu+]. The quantitative estimate of drug-likeness (QED) is 0.412. The van der Waals surface area contributed by atoms with Gasteiger partial charge < -0.3 is 19.8 Å². The van der Waals surface area contributed by atoms with Gasteiger partial charge in [0.15, 0.2) is 0 Å². The van der Waals surface area contributed by atoms with Crippen LogP contribution in [0.5, 0.6) is 0 Å². The van der Waals surface area contributed by atoms with Gasteiger partial charge in [0.1, 0.15) is 0 Å². The molecule has 56 valence electrons. The molecule has 0 aliphatic heterocycles. The van der Waals surface area contributed by atoms with Crippen molar-refractivity contribution in [1.82, 2.24) is 0 Å². The van der Waals surface area contributed by atoms with Crippen LogP contribution < -0.4 is 0 Å². The minimum absolute atomic E-state index is 0. The van der Waals surface area contributed by atoms with Crippen LogP contribution in [0.25, 0.3) is 0 Å². The maximum atomic E-state index is 8.24. The van der Waals surface area contributed by atoms with E-state index in [-0.39, 0.29) is 34.1 Å². The molecule has 0 aliphatic rings. The molecule has 0 saturated heterocycles. The molecule has 0 aromatic rings. The molecule has 6 heteroatoms. The van der Waals surface area contributed by atoms with Crippen molar-refractivity contribution >= 4 is 12.9 Å². The van der Waals surface area contributed by atoms with Gasteiger partial charge in [-0.25, -0.2) is 0 Å². The van der Waals surface area contributed by atoms with E-state index in [2.05, 4.69) is 0 Å². The van der Waals surface area contributed by atoms with Crippen molar-refractivity contribution < 1.29 is 53.9 Å². The van der Waals surface area contributed by atoms with Crippen LogP contribution in [0.1, 0.15) is 0 Å². The van der Waals surface area contributed by atoms with Gasteiger partial charge in [0.2, 0.25) is 0 Å². The molecule has 0 fully saturated rings. The Hall–Kier alpha value is -0.0210. The molecule has 0 heterocycles. The van der Waals surface area contributed by atoms with Crippen LogP contribution in [0, 0.1) is 0 Å². The molecule has 0 rings (SSSR count). The van der Waals surface area contributed by atoms with Crippen molar-refractivity contribution in [2.75, 3.05) is 0 Å². The Labute approximate surface area is 67.2 Å². The second-order valence-electron chi connectivity index (χ2n) is 0.183. The van der Waals surface area contributed by atoms with E-state index < -0.39 is 0 Å². The van der Waals surface area contributed by atoms with Gasteiger partial charge in [-0.2, -0.15) is 0 Å². The van der Waals surface area contributed by atoms with Crippen molar-refractivity contribution in [1.29, 1.82) is 0 Å². The topological polar surface area (TPSA) is 74.6 Å². The summed E-state index contributed by atoms with van der Waals surface area (Å²) >= 11 is 0. The minimum Gasteiger partial charge on any atom is -0.665 e. The van der Waals surface area contributed by atoms with Crippen LogP contribution >= 0.6 is 0 Å². The van der Waals surface area contributed by atoms with Gasteiger partial charge in [-0.1, -0.05) is 12.9 Å². The fourth-order valence-corrected chi connectivity index (χ4v) is 0. The third-order valence-corrected chi connectivity index (χ3v) is 0. The molecule has 0 radical (unpaired) electrons. The van der Waals surface area contributed by atoms with E-state index in [4.69, 9.17) is 19.8 Å². The maximum absolute atomic E-state index is 8.24. The van der Waals surface area contributed by atoms with Crippen molar-refractivity contribution in [3.63, 3.8) is 0 Å². The third-order valence-electron chi connectivity index (χ3n) is 0. The smallest absolute Gasteiger partial charge is 0.665 e. The predicted molar refractivity (Wildman–Crippen MR) is 16.6 cm³/mol. The molecule has 0 aliphatic carbocycles. The molecule has 0 atom stereocenters. The zero-order valence-corrected chi connectivity index (χ0v) is 5.20. The molecular weight excluding hydrogens is 215 g/mol. The van der Waals surface area contributed by atoms with E-state index in [0.29, 0.717) is 12.9 Å². The van der Waals surface area contributed by atoms with Crippen molar-refractivity contribution in [3.05, 3.63) is 0 Å². The predicted octanol–water partition coefficient (Wildman–Crippen LogP) is -0.782. The Balaban J connectivity index is -0.0000000160. The van der Waals surface area contributed by atoms with E-state index in [0.717, 1.165) is 0 Å². The second-order valence-corrected chi connectivity index (χ2v) is 0.183. The fourth-order valence-electron chi connectivity index (χ4n) is 0. The van der Waals surface area contributed by atoms with Crippen LogP contribution in [-0.2, 0) is 43.7 Å². The summed E-state index contributed by atoms with van der Waals surface area (Å²) in [7, 11) is 0. The number of hydrogen-bond acceptors (Lipinski definition) is 2. The van der Waals surface area contributed by atoms with E-state index in [1.807, 2.05) is 0 Å². The van der Waals surface area contributed by atoms with Crippen LogP contribution in [0.4, 0.5) is 0 Å². The zero-order valence-electron chi connectivity index (χ0n) is 3.31. The van der Waals surface area contributed by atoms with E-state index in [1.165, 1.54) is 0 Å². The van der Waals surface area contributed by atoms with Gasteiger partial charge in [0.05, 0.1) is 0 Å². The normalized spacial score (nSPS) is 3.00. The van der Waals surface area contributed by atoms with Gasteiger partial charge in [-0.15, -0.1) is 0 Å². The fraction of sp³-hybridized carbons (Fsp3) is 0. The number of rotatable bonds is 0. The first-order valence-electron chi connectivity index (χ1n) is 0.855. The first-order chi connectivity index (χ1) is 2.83. The Bertz CT molecular complexity index is 33.0. The summed E-state index contributed by atoms with van der Waals surface area (Å²) in [4.78, 5) is 16.5. The summed E-state index contributed by atoms with van der Waals surface area (Å²) in [6.07, 6.45) is 0. The molecule has 0 bridgehead atoms. The summed E-state index contributed by atoms with van der Waals surface area (Å²) in [5, 5.41) is 13.5. The third kappa shape index (κ3) is 335000. The van der Waals surface area contributed by atoms with Gasteiger partial charge in [0.25, 0.3) is 0 Å². The molecule has 2 N–H and O–H groups in total. The molecule has 0 amide bonds. The van der Waals surface area contributed by atoms with E-state index in [9.17, 15) is 0 Å². The summed E-state index contributed by atoms with van der Waals surface area (Å²) in [5.41, 5.74) is 0. The standard InChI is InChI=1S/2CHO2.2Cu/c2*2-1-3;;/h2*(H,2,3);;/q2*-1;2*+1. The number of aliphatic hydroxyl groups excluding tert-OH is 2. The molecule has 0 aromatic heterocycles. The average molecular weight is 217 g/mol. The number of hydrogen-bond donors (Lipinski definition) is 2. The zero-order chi connectivity index (χ0) is 5.41. The molecule has 0 saturated carbocycles. The van der Waals surface area contributed by atoms with E-state index >= 15 is 0 Å². The van der Waals surface area contributed by atoms with Gasteiger partial charge in [-0.3, -0.25) is 0 Å². The summed E-state index contributed by atoms with van der Waals surface area (Å²) in [5.74, 6) is 0. The van der Waals surface area contributed by atoms with Crippen LogP contribution in [0.3, 0.4) is 0 Å².